The summed E-state index contributed by atoms with van der Waals surface area (Å²) in [6.07, 6.45) is 1.54. The van der Waals surface area contributed by atoms with Crippen molar-refractivity contribution in [2.45, 2.75) is 51.6 Å². The quantitative estimate of drug-likeness (QED) is 0.809. The van der Waals surface area contributed by atoms with Crippen LogP contribution in [0.15, 0.2) is 4.52 Å². The molecule has 0 aliphatic carbocycles. The maximum Gasteiger partial charge on any atom is 0.223 e. The second-order valence-electron chi connectivity index (χ2n) is 5.26. The van der Waals surface area contributed by atoms with Crippen LogP contribution in [0.1, 0.15) is 38.4 Å². The molecule has 0 N–H and O–H groups in total. The fourth-order valence-corrected chi connectivity index (χ4v) is 3.52. The number of hydrogen-bond acceptors (Lipinski definition) is 6. The van der Waals surface area contributed by atoms with Crippen LogP contribution in [0.2, 0.25) is 0 Å². The maximum atomic E-state index is 12.1. The topological polar surface area (TPSA) is 85.5 Å². The van der Waals surface area contributed by atoms with Gasteiger partial charge in [0.15, 0.2) is 5.82 Å². The molecule has 1 fully saturated rings. The van der Waals surface area contributed by atoms with Crippen LogP contribution in [0, 0.1) is 6.92 Å². The summed E-state index contributed by atoms with van der Waals surface area (Å²) in [6, 6.07) is 0. The Hall–Kier alpha value is -0.990. The van der Waals surface area contributed by atoms with Crippen molar-refractivity contribution >= 4 is 10.0 Å². The summed E-state index contributed by atoms with van der Waals surface area (Å²) in [6.45, 7) is 6.33. The van der Waals surface area contributed by atoms with Gasteiger partial charge in [-0.15, -0.1) is 0 Å². The molecule has 7 nitrogen and oxygen atoms in total. The molecule has 8 heteroatoms. The van der Waals surface area contributed by atoms with Crippen molar-refractivity contribution in [3.8, 4) is 0 Å². The van der Waals surface area contributed by atoms with E-state index in [1.165, 1.54) is 4.31 Å². The highest BCUT2D eigenvalue weighted by atomic mass is 32.2. The van der Waals surface area contributed by atoms with E-state index in [1.54, 1.807) is 20.8 Å². The SMILES string of the molecule is Cc1nc(COC2CCCN(S(=O)(=O)C(C)C)C2)no1. The third kappa shape index (κ3) is 3.56. The van der Waals surface area contributed by atoms with Gasteiger partial charge in [0.05, 0.1) is 11.4 Å². The second-order valence-corrected chi connectivity index (χ2v) is 7.75. The number of aromatic nitrogens is 2. The zero-order chi connectivity index (χ0) is 14.8. The van der Waals surface area contributed by atoms with Crippen LogP contribution < -0.4 is 0 Å². The van der Waals surface area contributed by atoms with Crippen molar-refractivity contribution in [3.05, 3.63) is 11.7 Å². The summed E-state index contributed by atoms with van der Waals surface area (Å²) in [5, 5.41) is 3.35. The average molecular weight is 303 g/mol. The van der Waals surface area contributed by atoms with Crippen LogP contribution in [0.4, 0.5) is 0 Å². The smallest absolute Gasteiger partial charge is 0.223 e. The van der Waals surface area contributed by atoms with Gasteiger partial charge >= 0.3 is 0 Å². The largest absolute Gasteiger partial charge is 0.369 e. The summed E-state index contributed by atoms with van der Waals surface area (Å²) in [5.41, 5.74) is 0. The number of ether oxygens (including phenoxy) is 1. The molecule has 1 saturated heterocycles. The summed E-state index contributed by atoms with van der Waals surface area (Å²) in [4.78, 5) is 4.06. The predicted octanol–water partition coefficient (Wildman–Crippen LogP) is 1.10. The lowest BCUT2D eigenvalue weighted by molar-refractivity contribution is 0.00427. The molecule has 0 bridgehead atoms. The van der Waals surface area contributed by atoms with E-state index in [2.05, 4.69) is 10.1 Å². The minimum atomic E-state index is -3.21. The van der Waals surface area contributed by atoms with Crippen molar-refractivity contribution in [3.63, 3.8) is 0 Å². The van der Waals surface area contributed by atoms with E-state index in [0.29, 0.717) is 24.8 Å². The Morgan fingerprint density at radius 2 is 2.25 bits per heavy atom. The highest BCUT2D eigenvalue weighted by molar-refractivity contribution is 7.89. The molecular formula is C12H21N3O4S. The lowest BCUT2D eigenvalue weighted by Crippen LogP contribution is -2.45. The van der Waals surface area contributed by atoms with Gasteiger partial charge in [-0.1, -0.05) is 5.16 Å². The number of hydrogen-bond donors (Lipinski definition) is 0. The minimum absolute atomic E-state index is 0.115. The molecule has 1 aliphatic rings. The molecule has 1 aromatic rings. The van der Waals surface area contributed by atoms with Gasteiger partial charge in [0.2, 0.25) is 15.9 Å². The second kappa shape index (κ2) is 6.19. The van der Waals surface area contributed by atoms with Gasteiger partial charge in [0.1, 0.15) is 6.61 Å². The number of aryl methyl sites for hydroxylation is 1. The Morgan fingerprint density at radius 3 is 2.85 bits per heavy atom. The van der Waals surface area contributed by atoms with Crippen LogP contribution >= 0.6 is 0 Å². The first-order chi connectivity index (χ1) is 9.39. The molecule has 1 aromatic heterocycles. The lowest BCUT2D eigenvalue weighted by Gasteiger charge is -2.32. The molecule has 0 saturated carbocycles. The van der Waals surface area contributed by atoms with E-state index in [1.807, 2.05) is 0 Å². The first-order valence-corrected chi connectivity index (χ1v) is 8.29. The fourth-order valence-electron chi connectivity index (χ4n) is 2.16. The molecule has 114 valence electrons. The molecule has 0 aromatic carbocycles. The monoisotopic (exact) mass is 303 g/mol. The molecule has 20 heavy (non-hydrogen) atoms. The van der Waals surface area contributed by atoms with Crippen molar-refractivity contribution in [1.29, 1.82) is 0 Å². The van der Waals surface area contributed by atoms with E-state index >= 15 is 0 Å². The highest BCUT2D eigenvalue weighted by Gasteiger charge is 2.31. The molecule has 0 spiro atoms. The Kier molecular flexibility index (Phi) is 4.77. The maximum absolute atomic E-state index is 12.1. The number of nitrogens with zero attached hydrogens (tertiary/aromatic N) is 3. The lowest BCUT2D eigenvalue weighted by atomic mass is 10.1. The number of sulfonamides is 1. The molecular weight excluding hydrogens is 282 g/mol. The molecule has 2 heterocycles. The first kappa shape index (κ1) is 15.4. The van der Waals surface area contributed by atoms with Crippen molar-refractivity contribution in [1.82, 2.24) is 14.4 Å². The Balaban J connectivity index is 1.91. The summed E-state index contributed by atoms with van der Waals surface area (Å²) < 4.78 is 36.4. The zero-order valence-corrected chi connectivity index (χ0v) is 12.9. The zero-order valence-electron chi connectivity index (χ0n) is 12.1. The predicted molar refractivity (Wildman–Crippen MR) is 72.5 cm³/mol. The van der Waals surface area contributed by atoms with Gasteiger partial charge < -0.3 is 9.26 Å². The van der Waals surface area contributed by atoms with E-state index < -0.39 is 15.3 Å². The fraction of sp³-hybridized carbons (Fsp3) is 0.833. The first-order valence-electron chi connectivity index (χ1n) is 6.79. The highest BCUT2D eigenvalue weighted by Crippen LogP contribution is 2.19. The molecule has 1 aliphatic heterocycles. The minimum Gasteiger partial charge on any atom is -0.369 e. The molecule has 0 amide bonds. The van der Waals surface area contributed by atoms with Crippen LogP contribution in [0.3, 0.4) is 0 Å². The normalized spacial score (nSPS) is 21.5. The third-order valence-corrected chi connectivity index (χ3v) is 5.56. The van der Waals surface area contributed by atoms with Crippen molar-refractivity contribution < 1.29 is 17.7 Å². The van der Waals surface area contributed by atoms with Crippen LogP contribution in [0.5, 0.6) is 0 Å². The standard InChI is InChI=1S/C12H21N3O4S/c1-9(2)20(16,17)15-6-4-5-11(7-15)18-8-12-13-10(3)19-14-12/h9,11H,4-8H2,1-3H3. The Morgan fingerprint density at radius 1 is 1.50 bits per heavy atom. The van der Waals surface area contributed by atoms with E-state index in [9.17, 15) is 8.42 Å². The van der Waals surface area contributed by atoms with Crippen molar-refractivity contribution in [2.75, 3.05) is 13.1 Å². The van der Waals surface area contributed by atoms with Gasteiger partial charge in [0.25, 0.3) is 0 Å². The van der Waals surface area contributed by atoms with Gasteiger partial charge in [-0.2, -0.15) is 9.29 Å². The summed E-state index contributed by atoms with van der Waals surface area (Å²) in [5.74, 6) is 0.989. The average Bonchev–Trinajstić information content (AvgIpc) is 2.82. The number of rotatable bonds is 5. The van der Waals surface area contributed by atoms with E-state index in [-0.39, 0.29) is 12.7 Å². The van der Waals surface area contributed by atoms with E-state index in [0.717, 1.165) is 12.8 Å². The number of piperidine rings is 1. The molecule has 1 atom stereocenters. The molecule has 2 rings (SSSR count). The summed E-state index contributed by atoms with van der Waals surface area (Å²) in [7, 11) is -3.21. The van der Waals surface area contributed by atoms with Gasteiger partial charge in [-0.3, -0.25) is 0 Å². The Bertz CT molecular complexity index is 541. The van der Waals surface area contributed by atoms with Crippen molar-refractivity contribution in [2.24, 2.45) is 0 Å². The van der Waals surface area contributed by atoms with Gasteiger partial charge in [-0.25, -0.2) is 8.42 Å². The van der Waals surface area contributed by atoms with E-state index in [4.69, 9.17) is 9.26 Å². The van der Waals surface area contributed by atoms with Crippen LogP contribution in [-0.4, -0.2) is 47.3 Å². The Labute approximate surface area is 119 Å². The molecule has 0 radical (unpaired) electrons. The third-order valence-electron chi connectivity index (χ3n) is 3.31. The summed E-state index contributed by atoms with van der Waals surface area (Å²) >= 11 is 0. The van der Waals surface area contributed by atoms with Crippen LogP contribution in [-0.2, 0) is 21.4 Å². The van der Waals surface area contributed by atoms with Gasteiger partial charge in [0, 0.05) is 20.0 Å². The molecule has 1 unspecified atom stereocenters. The van der Waals surface area contributed by atoms with Gasteiger partial charge in [-0.05, 0) is 26.7 Å². The van der Waals surface area contributed by atoms with Crippen LogP contribution in [0.25, 0.3) is 0 Å².